The zero-order valence-corrected chi connectivity index (χ0v) is 30.6. The Balaban J connectivity index is 0.00000541. The van der Waals surface area contributed by atoms with Gasteiger partial charge in [0.1, 0.15) is 5.58 Å². The minimum atomic E-state index is -0.967. The number of piperidine rings is 1. The van der Waals surface area contributed by atoms with Gasteiger partial charge in [-0.05, 0) is 62.0 Å². The number of carbonyl (C=O) groups is 2. The van der Waals surface area contributed by atoms with Crippen molar-refractivity contribution in [3.63, 3.8) is 0 Å². The largest absolute Gasteiger partial charge is 0.478 e. The molecule has 0 spiro atoms. The van der Waals surface area contributed by atoms with Gasteiger partial charge in [-0.3, -0.25) is 4.79 Å². The maximum Gasteiger partial charge on any atom is 0.335 e. The third-order valence-corrected chi connectivity index (χ3v) is 10.9. The molecule has 0 radical (unpaired) electrons. The molecule has 3 aliphatic heterocycles. The van der Waals surface area contributed by atoms with Gasteiger partial charge in [-0.15, -0.1) is 12.4 Å². The van der Waals surface area contributed by atoms with Crippen molar-refractivity contribution in [3.05, 3.63) is 59.9 Å². The Hall–Kier alpha value is -2.83. The van der Waals surface area contributed by atoms with Crippen molar-refractivity contribution in [2.24, 2.45) is 5.92 Å². The van der Waals surface area contributed by atoms with Crippen molar-refractivity contribution in [3.8, 4) is 11.1 Å². The molecule has 2 N–H and O–H groups in total. The van der Waals surface area contributed by atoms with Gasteiger partial charge < -0.3 is 19.7 Å². The highest BCUT2D eigenvalue weighted by molar-refractivity contribution is 6.00. The van der Waals surface area contributed by atoms with E-state index in [0.717, 1.165) is 54.9 Å². The first-order valence-electron chi connectivity index (χ1n) is 19.5. The molecule has 3 aromatic rings. The van der Waals surface area contributed by atoms with Crippen LogP contribution in [0.1, 0.15) is 156 Å². The van der Waals surface area contributed by atoms with Crippen molar-refractivity contribution in [1.29, 1.82) is 0 Å². The fourth-order valence-corrected chi connectivity index (χ4v) is 7.93. The van der Waals surface area contributed by atoms with E-state index in [9.17, 15) is 14.7 Å². The Morgan fingerprint density at radius 1 is 0.673 bits per heavy atom. The van der Waals surface area contributed by atoms with E-state index in [-0.39, 0.29) is 29.9 Å². The average molecular weight is 693 g/mol. The third-order valence-electron chi connectivity index (χ3n) is 10.9. The number of aromatic carboxylic acids is 1. The molecule has 2 bridgehead atoms. The number of amides is 1. The summed E-state index contributed by atoms with van der Waals surface area (Å²) in [5.41, 5.74) is 2.37. The number of carbonyl (C=O) groups excluding carboxylic acids is 1. The van der Waals surface area contributed by atoms with Crippen LogP contribution in [-0.2, 0) is 0 Å². The van der Waals surface area contributed by atoms with E-state index in [1.54, 1.807) is 18.2 Å². The van der Waals surface area contributed by atoms with Crippen molar-refractivity contribution in [2.45, 2.75) is 141 Å². The van der Waals surface area contributed by atoms with Gasteiger partial charge in [0, 0.05) is 23.5 Å². The molecule has 2 aromatic carbocycles. The van der Waals surface area contributed by atoms with E-state index in [0.29, 0.717) is 11.3 Å². The Kier molecular flexibility index (Phi) is 17.0. The van der Waals surface area contributed by atoms with E-state index in [1.807, 2.05) is 30.3 Å². The molecule has 1 atom stereocenters. The molecule has 7 heteroatoms. The predicted octanol–water partition coefficient (Wildman–Crippen LogP) is 11.5. The summed E-state index contributed by atoms with van der Waals surface area (Å²) in [6, 6.07) is 14.5. The number of carboxylic acids is 1. The number of hydrogen-bond donors (Lipinski definition) is 2. The van der Waals surface area contributed by atoms with Crippen molar-refractivity contribution in [2.75, 3.05) is 19.6 Å². The fraction of sp³-hybridized carbons (Fsp3) is 0.619. The standard InChI is InChI=1S/C42H60N2O4.ClH/c45-41(39-31-35-22-19-25-38(40(35)48-39)34-21-18-23-36(30-34)42(46)47)43-37-24-17-15-13-11-9-7-5-3-1-2-4-6-8-10-12-14-16-20-33-26-28-44(32-37)29-27-33;/h18-19,21-23,25,30-31,33,37H,1-17,20,24,26-29,32H2,(H,43,45)(H,46,47);1H/t37-;/m0./s1. The number of halogens is 1. The number of nitrogens with zero attached hydrogens (tertiary/aromatic N) is 1. The summed E-state index contributed by atoms with van der Waals surface area (Å²) >= 11 is 0. The minimum absolute atomic E-state index is 0. The van der Waals surface area contributed by atoms with Gasteiger partial charge in [-0.2, -0.15) is 0 Å². The molecule has 1 aromatic heterocycles. The first kappa shape index (κ1) is 39.0. The molecule has 0 saturated carbocycles. The molecule has 0 aliphatic carbocycles. The molecule has 49 heavy (non-hydrogen) atoms. The van der Waals surface area contributed by atoms with E-state index < -0.39 is 5.97 Å². The smallest absolute Gasteiger partial charge is 0.335 e. The molecule has 1 amide bonds. The Labute approximate surface area is 301 Å². The number of carboxylic acid groups (broad SMARTS) is 1. The predicted molar refractivity (Wildman–Crippen MR) is 204 cm³/mol. The summed E-state index contributed by atoms with van der Waals surface area (Å²) < 4.78 is 6.22. The zero-order valence-electron chi connectivity index (χ0n) is 29.8. The van der Waals surface area contributed by atoms with Crippen LogP contribution in [0.25, 0.3) is 22.1 Å². The lowest BCUT2D eigenvalue weighted by Gasteiger charge is -2.34. The van der Waals surface area contributed by atoms with Crippen molar-refractivity contribution >= 4 is 35.3 Å². The second-order valence-corrected chi connectivity index (χ2v) is 14.7. The monoisotopic (exact) mass is 692 g/mol. The van der Waals surface area contributed by atoms with Gasteiger partial charge in [-0.1, -0.05) is 146 Å². The Morgan fingerprint density at radius 2 is 1.22 bits per heavy atom. The second-order valence-electron chi connectivity index (χ2n) is 14.7. The summed E-state index contributed by atoms with van der Waals surface area (Å²) in [7, 11) is 0. The lowest BCUT2D eigenvalue weighted by Crippen LogP contribution is -2.46. The summed E-state index contributed by atoms with van der Waals surface area (Å²) in [6.45, 7) is 3.15. The molecule has 3 fully saturated rings. The zero-order chi connectivity index (χ0) is 33.4. The Bertz CT molecular complexity index is 1410. The topological polar surface area (TPSA) is 82.8 Å². The van der Waals surface area contributed by atoms with Crippen LogP contribution in [0.5, 0.6) is 0 Å². The van der Waals surface area contributed by atoms with Crippen LogP contribution in [0, 0.1) is 5.92 Å². The van der Waals surface area contributed by atoms with Crippen molar-refractivity contribution in [1.82, 2.24) is 10.2 Å². The molecular formula is C42H61ClN2O4. The molecule has 6 rings (SSSR count). The van der Waals surface area contributed by atoms with E-state index in [2.05, 4.69) is 10.2 Å². The number of benzene rings is 2. The SMILES string of the molecule is Cl.O=C(O)c1cccc(-c2cccc3cc(C(=O)N[C@H]4CCCCCCCCCCCCCCCCCCCC5CCN(CC5)C4)oc23)c1. The second kappa shape index (κ2) is 21.4. The number of rotatable bonds is 4. The average Bonchev–Trinajstić information content (AvgIpc) is 3.55. The van der Waals surface area contributed by atoms with Crippen molar-refractivity contribution < 1.29 is 19.1 Å². The molecule has 3 saturated heterocycles. The normalized spacial score (nSPS) is 23.1. The summed E-state index contributed by atoms with van der Waals surface area (Å²) in [5, 5.41) is 13.7. The highest BCUT2D eigenvalue weighted by atomic mass is 35.5. The quantitative estimate of drug-likeness (QED) is 0.284. The van der Waals surface area contributed by atoms with E-state index >= 15 is 0 Å². The third kappa shape index (κ3) is 12.8. The number of nitrogens with one attached hydrogen (secondary N) is 1. The van der Waals surface area contributed by atoms with Crippen LogP contribution in [0.3, 0.4) is 0 Å². The number of fused-ring (bicyclic) bond motifs is 23. The maximum atomic E-state index is 13.7. The maximum absolute atomic E-state index is 13.7. The minimum Gasteiger partial charge on any atom is -0.478 e. The summed E-state index contributed by atoms with van der Waals surface area (Å²) in [6.07, 6.45) is 28.1. The van der Waals surface area contributed by atoms with Crippen LogP contribution < -0.4 is 5.32 Å². The Morgan fingerprint density at radius 3 is 1.82 bits per heavy atom. The van der Waals surface area contributed by atoms with Gasteiger partial charge in [-0.25, -0.2) is 4.79 Å². The lowest BCUT2D eigenvalue weighted by molar-refractivity contribution is 0.0696. The first-order valence-corrected chi connectivity index (χ1v) is 19.5. The van der Waals surface area contributed by atoms with Crippen LogP contribution >= 0.6 is 12.4 Å². The fourth-order valence-electron chi connectivity index (χ4n) is 7.93. The van der Waals surface area contributed by atoms with Crippen LogP contribution in [-0.4, -0.2) is 47.6 Å². The van der Waals surface area contributed by atoms with Gasteiger partial charge in [0.25, 0.3) is 5.91 Å². The molecular weight excluding hydrogens is 632 g/mol. The van der Waals surface area contributed by atoms with Crippen LogP contribution in [0.15, 0.2) is 52.9 Å². The van der Waals surface area contributed by atoms with Gasteiger partial charge in [0.05, 0.1) is 5.56 Å². The molecule has 3 aliphatic rings. The first-order chi connectivity index (χ1) is 23.6. The van der Waals surface area contributed by atoms with Crippen LogP contribution in [0.2, 0.25) is 0 Å². The number of furan rings is 1. The highest BCUT2D eigenvalue weighted by Crippen LogP contribution is 2.32. The molecule has 270 valence electrons. The molecule has 4 heterocycles. The van der Waals surface area contributed by atoms with Gasteiger partial charge >= 0.3 is 5.97 Å². The van der Waals surface area contributed by atoms with Crippen LogP contribution in [0.4, 0.5) is 0 Å². The molecule has 6 nitrogen and oxygen atoms in total. The summed E-state index contributed by atoms with van der Waals surface area (Å²) in [4.78, 5) is 27.8. The van der Waals surface area contributed by atoms with E-state index in [4.69, 9.17) is 4.42 Å². The highest BCUT2D eigenvalue weighted by Gasteiger charge is 2.24. The van der Waals surface area contributed by atoms with E-state index in [1.165, 1.54) is 122 Å². The molecule has 0 unspecified atom stereocenters. The number of hydrogen-bond acceptors (Lipinski definition) is 4. The van der Waals surface area contributed by atoms with Gasteiger partial charge in [0.2, 0.25) is 0 Å². The summed E-state index contributed by atoms with van der Waals surface area (Å²) in [5.74, 6) is 0.0292. The number of para-hydroxylation sites is 1. The lowest BCUT2D eigenvalue weighted by atomic mass is 9.90. The van der Waals surface area contributed by atoms with Gasteiger partial charge in [0.15, 0.2) is 5.76 Å².